The van der Waals surface area contributed by atoms with Crippen molar-refractivity contribution < 1.29 is 9.47 Å². The Bertz CT molecular complexity index is 335. The van der Waals surface area contributed by atoms with Gasteiger partial charge in [0.05, 0.1) is 15.6 Å². The predicted molar refractivity (Wildman–Crippen MR) is 71.7 cm³/mol. The van der Waals surface area contributed by atoms with Gasteiger partial charge in [-0.05, 0) is 56.5 Å². The van der Waals surface area contributed by atoms with Crippen LogP contribution in [0.15, 0.2) is 21.1 Å². The van der Waals surface area contributed by atoms with Crippen LogP contribution in [-0.4, -0.2) is 19.8 Å². The molecule has 5 heteroatoms. The quantitative estimate of drug-likeness (QED) is 0.885. The highest BCUT2D eigenvalue weighted by molar-refractivity contribution is 9.11. The van der Waals surface area contributed by atoms with Crippen molar-refractivity contribution in [3.05, 3.63) is 26.6 Å². The average molecular weight is 353 g/mol. The molecule has 0 aliphatic carbocycles. The molecular formula is C11H15Br2NO2. The molecule has 2 N–H and O–H groups in total. The fraction of sp³-hybridized carbons (Fsp3) is 0.455. The van der Waals surface area contributed by atoms with Crippen molar-refractivity contribution in [1.29, 1.82) is 0 Å². The summed E-state index contributed by atoms with van der Waals surface area (Å²) in [7, 11) is 1.65. The summed E-state index contributed by atoms with van der Waals surface area (Å²) in [5.41, 5.74) is 6.63. The van der Waals surface area contributed by atoms with Crippen LogP contribution in [0.5, 0.6) is 5.75 Å². The Morgan fingerprint density at radius 3 is 2.31 bits per heavy atom. The van der Waals surface area contributed by atoms with Gasteiger partial charge in [-0.3, -0.25) is 0 Å². The third-order valence-electron chi connectivity index (χ3n) is 2.01. The largest absolute Gasteiger partial charge is 0.486 e. The van der Waals surface area contributed by atoms with E-state index in [1.54, 1.807) is 7.11 Å². The first-order chi connectivity index (χ1) is 7.58. The Labute approximate surface area is 113 Å². The lowest BCUT2D eigenvalue weighted by Crippen LogP contribution is -2.18. The zero-order chi connectivity index (χ0) is 12.1. The maximum Gasteiger partial charge on any atom is 0.148 e. The van der Waals surface area contributed by atoms with Crippen molar-refractivity contribution in [1.82, 2.24) is 0 Å². The van der Waals surface area contributed by atoms with Crippen molar-refractivity contribution in [2.75, 3.05) is 13.7 Å². The lowest BCUT2D eigenvalue weighted by Gasteiger charge is -2.17. The highest BCUT2D eigenvalue weighted by atomic mass is 79.9. The lowest BCUT2D eigenvalue weighted by molar-refractivity contribution is 0.0910. The van der Waals surface area contributed by atoms with Gasteiger partial charge in [-0.25, -0.2) is 0 Å². The fourth-order valence-electron chi connectivity index (χ4n) is 1.31. The monoisotopic (exact) mass is 351 g/mol. The van der Waals surface area contributed by atoms with E-state index in [4.69, 9.17) is 15.2 Å². The molecule has 90 valence electrons. The minimum atomic E-state index is 0.00123. The highest BCUT2D eigenvalue weighted by Crippen LogP contribution is 2.35. The minimum Gasteiger partial charge on any atom is -0.486 e. The zero-order valence-electron chi connectivity index (χ0n) is 9.30. The summed E-state index contributed by atoms with van der Waals surface area (Å²) in [5, 5.41) is 0. The van der Waals surface area contributed by atoms with E-state index in [1.807, 2.05) is 19.1 Å². The molecule has 1 rings (SSSR count). The Kier molecular flexibility index (Phi) is 5.75. The number of benzene rings is 1. The number of rotatable bonds is 5. The number of halogens is 2. The molecule has 1 aromatic carbocycles. The molecule has 3 nitrogen and oxygen atoms in total. The van der Waals surface area contributed by atoms with Gasteiger partial charge in [-0.2, -0.15) is 0 Å². The molecule has 16 heavy (non-hydrogen) atoms. The second-order valence-electron chi connectivity index (χ2n) is 3.48. The molecule has 1 aromatic rings. The van der Waals surface area contributed by atoms with Crippen LogP contribution >= 0.6 is 31.9 Å². The van der Waals surface area contributed by atoms with E-state index >= 15 is 0 Å². The van der Waals surface area contributed by atoms with Crippen LogP contribution in [0.2, 0.25) is 0 Å². The summed E-state index contributed by atoms with van der Waals surface area (Å²) in [6.07, 6.45) is 0.00123. The third kappa shape index (κ3) is 3.73. The summed E-state index contributed by atoms with van der Waals surface area (Å²) in [6.45, 7) is 3.02. The van der Waals surface area contributed by atoms with Crippen molar-refractivity contribution >= 4 is 31.9 Å². The Morgan fingerprint density at radius 2 is 1.88 bits per heavy atom. The molecule has 0 spiro atoms. The highest BCUT2D eigenvalue weighted by Gasteiger charge is 2.12. The maximum atomic E-state index is 5.76. The van der Waals surface area contributed by atoms with Gasteiger partial charge in [-0.1, -0.05) is 0 Å². The van der Waals surface area contributed by atoms with Crippen LogP contribution in [0.25, 0.3) is 0 Å². The summed E-state index contributed by atoms with van der Waals surface area (Å²) in [6, 6.07) is 3.92. The first-order valence-electron chi connectivity index (χ1n) is 4.92. The standard InChI is InChI=1S/C11H15Br2NO2/c1-7(6-15-2)16-11-9(12)3-8(5-14)4-10(11)13/h3-4,7H,5-6,14H2,1-2H3. The molecule has 0 aromatic heterocycles. The van der Waals surface area contributed by atoms with Gasteiger partial charge >= 0.3 is 0 Å². The van der Waals surface area contributed by atoms with Gasteiger partial charge < -0.3 is 15.2 Å². The Balaban J connectivity index is 2.87. The molecule has 1 unspecified atom stereocenters. The van der Waals surface area contributed by atoms with Crippen LogP contribution in [0, 0.1) is 0 Å². The van der Waals surface area contributed by atoms with E-state index in [2.05, 4.69) is 31.9 Å². The summed E-state index contributed by atoms with van der Waals surface area (Å²) in [4.78, 5) is 0. The van der Waals surface area contributed by atoms with Crippen LogP contribution in [0.3, 0.4) is 0 Å². The zero-order valence-corrected chi connectivity index (χ0v) is 12.5. The molecular weight excluding hydrogens is 338 g/mol. The summed E-state index contributed by atoms with van der Waals surface area (Å²) in [5.74, 6) is 0.779. The van der Waals surface area contributed by atoms with Crippen molar-refractivity contribution in [2.45, 2.75) is 19.6 Å². The molecule has 0 bridgehead atoms. The van der Waals surface area contributed by atoms with E-state index in [0.29, 0.717) is 13.2 Å². The number of nitrogens with two attached hydrogens (primary N) is 1. The first-order valence-corrected chi connectivity index (χ1v) is 6.50. The smallest absolute Gasteiger partial charge is 0.148 e. The van der Waals surface area contributed by atoms with E-state index in [9.17, 15) is 0 Å². The van der Waals surface area contributed by atoms with Crippen LogP contribution in [-0.2, 0) is 11.3 Å². The number of ether oxygens (including phenoxy) is 2. The molecule has 0 heterocycles. The van der Waals surface area contributed by atoms with Crippen molar-refractivity contribution in [3.8, 4) is 5.75 Å². The second kappa shape index (κ2) is 6.59. The van der Waals surface area contributed by atoms with Gasteiger partial charge in [0.15, 0.2) is 0 Å². The van der Waals surface area contributed by atoms with Gasteiger partial charge in [0.1, 0.15) is 11.9 Å². The second-order valence-corrected chi connectivity index (χ2v) is 5.19. The van der Waals surface area contributed by atoms with Crippen LogP contribution < -0.4 is 10.5 Å². The molecule has 0 amide bonds. The number of methoxy groups -OCH3 is 1. The summed E-state index contributed by atoms with van der Waals surface area (Å²) >= 11 is 6.93. The number of hydrogen-bond donors (Lipinski definition) is 1. The molecule has 0 aliphatic heterocycles. The van der Waals surface area contributed by atoms with E-state index in [-0.39, 0.29) is 6.10 Å². The molecule has 0 saturated heterocycles. The molecule has 0 saturated carbocycles. The minimum absolute atomic E-state index is 0.00123. The fourth-order valence-corrected chi connectivity index (χ4v) is 2.78. The maximum absolute atomic E-state index is 5.76. The molecule has 1 atom stereocenters. The Morgan fingerprint density at radius 1 is 1.31 bits per heavy atom. The van der Waals surface area contributed by atoms with E-state index < -0.39 is 0 Å². The van der Waals surface area contributed by atoms with Gasteiger partial charge in [0, 0.05) is 13.7 Å². The van der Waals surface area contributed by atoms with Gasteiger partial charge in [0.25, 0.3) is 0 Å². The third-order valence-corrected chi connectivity index (χ3v) is 3.19. The normalized spacial score (nSPS) is 12.6. The van der Waals surface area contributed by atoms with E-state index in [0.717, 1.165) is 20.3 Å². The molecule has 0 aliphatic rings. The average Bonchev–Trinajstić information content (AvgIpc) is 2.23. The van der Waals surface area contributed by atoms with Crippen LogP contribution in [0.1, 0.15) is 12.5 Å². The van der Waals surface area contributed by atoms with Crippen molar-refractivity contribution in [3.63, 3.8) is 0 Å². The first kappa shape index (κ1) is 14.0. The Hall–Kier alpha value is -0.100. The molecule has 0 fully saturated rings. The lowest BCUT2D eigenvalue weighted by atomic mass is 10.2. The summed E-state index contributed by atoms with van der Waals surface area (Å²) < 4.78 is 12.6. The van der Waals surface area contributed by atoms with Gasteiger partial charge in [0.2, 0.25) is 0 Å². The van der Waals surface area contributed by atoms with Crippen LogP contribution in [0.4, 0.5) is 0 Å². The topological polar surface area (TPSA) is 44.5 Å². The SMILES string of the molecule is COCC(C)Oc1c(Br)cc(CN)cc1Br. The van der Waals surface area contributed by atoms with Gasteiger partial charge in [-0.15, -0.1) is 0 Å². The van der Waals surface area contributed by atoms with E-state index in [1.165, 1.54) is 0 Å². The molecule has 0 radical (unpaired) electrons. The van der Waals surface area contributed by atoms with Crippen molar-refractivity contribution in [2.24, 2.45) is 5.73 Å². The predicted octanol–water partition coefficient (Wildman–Crippen LogP) is 3.08. The number of hydrogen-bond acceptors (Lipinski definition) is 3.